The maximum atomic E-state index is 14.2. The second-order valence-electron chi connectivity index (χ2n) is 9.56. The molecule has 32 heavy (non-hydrogen) atoms. The number of aromatic hydroxyl groups is 1. The number of nitrogen functional groups attached to an aromatic ring is 1. The Kier molecular flexibility index (Phi) is 5.15. The van der Waals surface area contributed by atoms with Crippen LogP contribution in [0.2, 0.25) is 0 Å². The van der Waals surface area contributed by atoms with Crippen LogP contribution in [0, 0.1) is 5.41 Å². The SMILES string of the molecule is CC(C)(C)C(=O)C1N(c2ncccc2N)c2c(O)ccc(C(F)(F)F)c2C12CCNCC2. The fourth-order valence-electron chi connectivity index (χ4n) is 5.09. The highest BCUT2D eigenvalue weighted by Crippen LogP contribution is 2.60. The molecule has 4 rings (SSSR count). The van der Waals surface area contributed by atoms with Gasteiger partial charge in [-0.1, -0.05) is 20.8 Å². The number of carbonyl (C=O) groups excluding carboxylic acids is 1. The number of rotatable bonds is 2. The molecule has 9 heteroatoms. The van der Waals surface area contributed by atoms with Gasteiger partial charge in [0.15, 0.2) is 11.6 Å². The quantitative estimate of drug-likeness (QED) is 0.640. The van der Waals surface area contributed by atoms with E-state index in [1.807, 2.05) is 0 Å². The van der Waals surface area contributed by atoms with Gasteiger partial charge in [-0.3, -0.25) is 4.79 Å². The molecule has 1 saturated heterocycles. The number of pyridine rings is 1. The molecule has 0 bridgehead atoms. The van der Waals surface area contributed by atoms with E-state index >= 15 is 0 Å². The van der Waals surface area contributed by atoms with Crippen LogP contribution < -0.4 is 16.0 Å². The third kappa shape index (κ3) is 3.30. The van der Waals surface area contributed by atoms with Gasteiger partial charge in [-0.25, -0.2) is 4.98 Å². The first-order chi connectivity index (χ1) is 14.9. The van der Waals surface area contributed by atoms with E-state index in [1.54, 1.807) is 32.9 Å². The van der Waals surface area contributed by atoms with Gasteiger partial charge in [-0.2, -0.15) is 13.2 Å². The minimum absolute atomic E-state index is 0.0327. The molecule has 1 aromatic carbocycles. The van der Waals surface area contributed by atoms with E-state index in [4.69, 9.17) is 5.73 Å². The Bertz CT molecular complexity index is 1060. The predicted octanol–water partition coefficient (Wildman–Crippen LogP) is 4.14. The average molecular weight is 448 g/mol. The van der Waals surface area contributed by atoms with Crippen LogP contribution in [0.3, 0.4) is 0 Å². The fourth-order valence-corrected chi connectivity index (χ4v) is 5.09. The Morgan fingerprint density at radius 2 is 1.88 bits per heavy atom. The van der Waals surface area contributed by atoms with Crippen LogP contribution in [-0.2, 0) is 16.4 Å². The van der Waals surface area contributed by atoms with Crippen molar-refractivity contribution in [3.8, 4) is 5.75 Å². The summed E-state index contributed by atoms with van der Waals surface area (Å²) in [4.78, 5) is 19.7. The molecule has 0 saturated carbocycles. The monoisotopic (exact) mass is 448 g/mol. The number of hydrogen-bond donors (Lipinski definition) is 3. The van der Waals surface area contributed by atoms with Crippen molar-refractivity contribution in [2.45, 2.75) is 51.2 Å². The summed E-state index contributed by atoms with van der Waals surface area (Å²) >= 11 is 0. The largest absolute Gasteiger partial charge is 0.506 e. The van der Waals surface area contributed by atoms with E-state index in [2.05, 4.69) is 10.3 Å². The zero-order valence-corrected chi connectivity index (χ0v) is 18.3. The van der Waals surface area contributed by atoms with Crippen molar-refractivity contribution < 1.29 is 23.1 Å². The van der Waals surface area contributed by atoms with Gasteiger partial charge in [0.2, 0.25) is 0 Å². The number of fused-ring (bicyclic) bond motifs is 2. The summed E-state index contributed by atoms with van der Waals surface area (Å²) in [5.74, 6) is -0.394. The molecule has 1 atom stereocenters. The Morgan fingerprint density at radius 3 is 2.44 bits per heavy atom. The van der Waals surface area contributed by atoms with E-state index in [1.165, 1.54) is 11.1 Å². The van der Waals surface area contributed by atoms with E-state index in [9.17, 15) is 23.1 Å². The molecule has 2 aromatic rings. The van der Waals surface area contributed by atoms with Gasteiger partial charge in [-0.05, 0) is 50.2 Å². The van der Waals surface area contributed by atoms with Crippen molar-refractivity contribution in [1.82, 2.24) is 10.3 Å². The highest BCUT2D eigenvalue weighted by atomic mass is 19.4. The van der Waals surface area contributed by atoms with Crippen molar-refractivity contribution >= 4 is 23.0 Å². The van der Waals surface area contributed by atoms with Crippen LogP contribution in [0.25, 0.3) is 0 Å². The maximum absolute atomic E-state index is 14.2. The van der Waals surface area contributed by atoms with Crippen LogP contribution >= 0.6 is 0 Å². The molecular weight excluding hydrogens is 421 g/mol. The van der Waals surface area contributed by atoms with Crippen LogP contribution in [-0.4, -0.2) is 35.0 Å². The van der Waals surface area contributed by atoms with Gasteiger partial charge in [0.25, 0.3) is 0 Å². The average Bonchev–Trinajstić information content (AvgIpc) is 2.98. The van der Waals surface area contributed by atoms with Crippen molar-refractivity contribution in [1.29, 1.82) is 0 Å². The van der Waals surface area contributed by atoms with Gasteiger partial charge in [0.05, 0.1) is 16.9 Å². The Labute approximate surface area is 184 Å². The van der Waals surface area contributed by atoms with Crippen LogP contribution in [0.4, 0.5) is 30.4 Å². The molecule has 6 nitrogen and oxygen atoms in total. The lowest BCUT2D eigenvalue weighted by atomic mass is 9.64. The Balaban J connectivity index is 2.13. The van der Waals surface area contributed by atoms with E-state index in [0.29, 0.717) is 25.9 Å². The molecule has 2 aliphatic rings. The van der Waals surface area contributed by atoms with Gasteiger partial charge in [-0.15, -0.1) is 0 Å². The summed E-state index contributed by atoms with van der Waals surface area (Å²) in [6, 6.07) is 4.14. The van der Waals surface area contributed by atoms with Gasteiger partial charge < -0.3 is 21.1 Å². The number of nitrogens with two attached hydrogens (primary N) is 1. The third-order valence-electron chi connectivity index (χ3n) is 6.51. The molecule has 3 heterocycles. The molecule has 4 N–H and O–H groups in total. The molecule has 172 valence electrons. The molecule has 1 aromatic heterocycles. The highest BCUT2D eigenvalue weighted by Gasteiger charge is 2.60. The number of phenols is 1. The van der Waals surface area contributed by atoms with Gasteiger partial charge >= 0.3 is 6.18 Å². The topological polar surface area (TPSA) is 91.5 Å². The smallest absolute Gasteiger partial charge is 0.416 e. The molecule has 1 spiro atoms. The first kappa shape index (κ1) is 22.4. The number of ketones is 1. The minimum atomic E-state index is -4.66. The molecule has 1 unspecified atom stereocenters. The number of carbonyl (C=O) groups is 1. The van der Waals surface area contributed by atoms with Crippen molar-refractivity contribution in [2.24, 2.45) is 5.41 Å². The first-order valence-electron chi connectivity index (χ1n) is 10.6. The summed E-state index contributed by atoms with van der Waals surface area (Å²) in [5.41, 5.74) is 3.49. The molecule has 2 aliphatic heterocycles. The number of anilines is 3. The number of nitrogens with one attached hydrogen (secondary N) is 1. The summed E-state index contributed by atoms with van der Waals surface area (Å²) in [6.45, 7) is 6.14. The van der Waals surface area contributed by atoms with Crippen LogP contribution in [0.5, 0.6) is 5.75 Å². The van der Waals surface area contributed by atoms with E-state index in [0.717, 1.165) is 12.1 Å². The number of hydrogen-bond acceptors (Lipinski definition) is 6. The zero-order valence-electron chi connectivity index (χ0n) is 18.3. The van der Waals surface area contributed by atoms with Crippen molar-refractivity contribution in [3.05, 3.63) is 41.6 Å². The highest BCUT2D eigenvalue weighted by molar-refractivity contribution is 6.00. The number of piperidine rings is 1. The number of alkyl halides is 3. The lowest BCUT2D eigenvalue weighted by Gasteiger charge is -2.43. The van der Waals surface area contributed by atoms with Crippen LogP contribution in [0.1, 0.15) is 44.7 Å². The van der Waals surface area contributed by atoms with Crippen molar-refractivity contribution in [2.75, 3.05) is 23.7 Å². The maximum Gasteiger partial charge on any atom is 0.416 e. The van der Waals surface area contributed by atoms with E-state index in [-0.39, 0.29) is 34.3 Å². The fraction of sp³-hybridized carbons (Fsp3) is 0.478. The summed E-state index contributed by atoms with van der Waals surface area (Å²) in [6.07, 6.45) is -2.57. The van der Waals surface area contributed by atoms with Crippen molar-refractivity contribution in [3.63, 3.8) is 0 Å². The van der Waals surface area contributed by atoms with Gasteiger partial charge in [0, 0.05) is 22.6 Å². The molecular formula is C23H27F3N4O2. The first-order valence-corrected chi connectivity index (χ1v) is 10.6. The minimum Gasteiger partial charge on any atom is -0.506 e. The lowest BCUT2D eigenvalue weighted by molar-refractivity contribution is -0.139. The molecule has 0 amide bonds. The molecule has 1 fully saturated rings. The lowest BCUT2D eigenvalue weighted by Crippen LogP contribution is -2.56. The molecule has 0 radical (unpaired) electrons. The zero-order chi connectivity index (χ0) is 23.5. The van der Waals surface area contributed by atoms with Crippen LogP contribution in [0.15, 0.2) is 30.5 Å². The second kappa shape index (κ2) is 7.37. The number of halogens is 3. The van der Waals surface area contributed by atoms with Gasteiger partial charge in [0.1, 0.15) is 11.8 Å². The number of benzene rings is 1. The number of Topliss-reactive ketones (excluding diaryl/α,β-unsaturated/α-hetero) is 1. The summed E-state index contributed by atoms with van der Waals surface area (Å²) < 4.78 is 42.7. The number of nitrogens with zero attached hydrogens (tertiary/aromatic N) is 2. The summed E-state index contributed by atoms with van der Waals surface area (Å²) in [7, 11) is 0. The predicted molar refractivity (Wildman–Crippen MR) is 116 cm³/mol. The Morgan fingerprint density at radius 1 is 1.22 bits per heavy atom. The third-order valence-corrected chi connectivity index (χ3v) is 6.51. The summed E-state index contributed by atoms with van der Waals surface area (Å²) in [5, 5.41) is 14.0. The molecule has 0 aliphatic carbocycles. The Hall–Kier alpha value is -2.81. The number of aromatic nitrogens is 1. The van der Waals surface area contributed by atoms with E-state index < -0.39 is 28.6 Å². The standard InChI is InChI=1S/C23H27F3N4O2/c1-21(2,3)19(32)18-22(8-11-28-12-9-22)16-13(23(24,25)26)6-7-15(31)17(16)30(18)20-14(27)5-4-10-29-20/h4-7,10,18,28,31H,8-9,11-12,27H2,1-3H3. The second-order valence-corrected chi connectivity index (χ2v) is 9.56. The normalized spacial score (nSPS) is 20.4. The number of phenolic OH excluding ortho intramolecular Hbond substituents is 1.